The van der Waals surface area contributed by atoms with Crippen LogP contribution in [0.25, 0.3) is 11.4 Å². The van der Waals surface area contributed by atoms with Gasteiger partial charge in [-0.15, -0.1) is 10.2 Å². The van der Waals surface area contributed by atoms with Gasteiger partial charge in [0.15, 0.2) is 11.0 Å². The van der Waals surface area contributed by atoms with Gasteiger partial charge in [0.05, 0.1) is 23.6 Å². The number of carbonyl (C=O) groups is 1. The molecule has 1 heterocycles. The van der Waals surface area contributed by atoms with Gasteiger partial charge in [0.1, 0.15) is 5.75 Å². The molecule has 2 aromatic carbocycles. The van der Waals surface area contributed by atoms with Gasteiger partial charge < -0.3 is 14.6 Å². The van der Waals surface area contributed by atoms with Crippen molar-refractivity contribution in [1.82, 2.24) is 14.8 Å². The number of benzene rings is 2. The molecule has 0 saturated carbocycles. The topological polar surface area (TPSA) is 69.0 Å². The summed E-state index contributed by atoms with van der Waals surface area (Å²) in [4.78, 5) is 12.2. The predicted octanol–water partition coefficient (Wildman–Crippen LogP) is 4.64. The standard InChI is InChI=1S/C18H16BrClN4O2S/c1-24-17(11-3-6-13(26-2)7-4-11)22-23-18(24)27-10-16(25)21-15-8-5-12(19)9-14(15)20/h3-9H,10H2,1-2H3,(H,21,25). The third kappa shape index (κ3) is 4.82. The van der Waals surface area contributed by atoms with Gasteiger partial charge >= 0.3 is 0 Å². The minimum absolute atomic E-state index is 0.168. The molecule has 0 bridgehead atoms. The molecule has 3 rings (SSSR count). The van der Waals surface area contributed by atoms with Crippen LogP contribution in [0.2, 0.25) is 5.02 Å². The fraction of sp³-hybridized carbons (Fsp3) is 0.167. The fourth-order valence-corrected chi connectivity index (χ4v) is 3.77. The average Bonchev–Trinajstić information content (AvgIpc) is 3.03. The Bertz CT molecular complexity index is 962. The van der Waals surface area contributed by atoms with Crippen LogP contribution < -0.4 is 10.1 Å². The molecule has 3 aromatic rings. The number of amides is 1. The zero-order chi connectivity index (χ0) is 19.4. The van der Waals surface area contributed by atoms with Gasteiger partial charge in [-0.1, -0.05) is 39.3 Å². The molecule has 9 heteroatoms. The molecule has 0 aliphatic carbocycles. The van der Waals surface area contributed by atoms with Crippen molar-refractivity contribution in [2.75, 3.05) is 18.2 Å². The van der Waals surface area contributed by atoms with Crippen LogP contribution in [0, 0.1) is 0 Å². The predicted molar refractivity (Wildman–Crippen MR) is 111 cm³/mol. The average molecular weight is 468 g/mol. The van der Waals surface area contributed by atoms with Gasteiger partial charge in [-0.05, 0) is 42.5 Å². The van der Waals surface area contributed by atoms with Crippen LogP contribution in [0.5, 0.6) is 5.75 Å². The first-order valence-electron chi connectivity index (χ1n) is 7.89. The zero-order valence-corrected chi connectivity index (χ0v) is 17.7. The van der Waals surface area contributed by atoms with Crippen molar-refractivity contribution < 1.29 is 9.53 Å². The van der Waals surface area contributed by atoms with Gasteiger partial charge in [-0.2, -0.15) is 0 Å². The first kappa shape index (κ1) is 19.7. The second-order valence-corrected chi connectivity index (χ2v) is 7.82. The van der Waals surface area contributed by atoms with E-state index in [4.69, 9.17) is 16.3 Å². The van der Waals surface area contributed by atoms with Crippen LogP contribution in [0.3, 0.4) is 0 Å². The summed E-state index contributed by atoms with van der Waals surface area (Å²) in [5, 5.41) is 12.3. The van der Waals surface area contributed by atoms with Crippen LogP contribution in [0.1, 0.15) is 0 Å². The lowest BCUT2D eigenvalue weighted by Crippen LogP contribution is -2.14. The molecule has 1 aromatic heterocycles. The highest BCUT2D eigenvalue weighted by Gasteiger charge is 2.14. The molecular weight excluding hydrogens is 452 g/mol. The van der Waals surface area contributed by atoms with Crippen LogP contribution in [-0.2, 0) is 11.8 Å². The van der Waals surface area contributed by atoms with Gasteiger partial charge in [-0.3, -0.25) is 4.79 Å². The maximum Gasteiger partial charge on any atom is 0.234 e. The lowest BCUT2D eigenvalue weighted by atomic mass is 10.2. The number of rotatable bonds is 6. The monoisotopic (exact) mass is 466 g/mol. The molecule has 0 unspecified atom stereocenters. The number of anilines is 1. The Hall–Kier alpha value is -2.03. The van der Waals surface area contributed by atoms with E-state index < -0.39 is 0 Å². The Morgan fingerprint density at radius 3 is 2.67 bits per heavy atom. The van der Waals surface area contributed by atoms with E-state index in [2.05, 4.69) is 31.4 Å². The van der Waals surface area contributed by atoms with E-state index in [9.17, 15) is 4.79 Å². The minimum Gasteiger partial charge on any atom is -0.497 e. The third-order valence-electron chi connectivity index (χ3n) is 3.72. The fourth-order valence-electron chi connectivity index (χ4n) is 2.34. The van der Waals surface area contributed by atoms with Crippen LogP contribution >= 0.6 is 39.3 Å². The molecule has 1 N–H and O–H groups in total. The number of nitrogens with zero attached hydrogens (tertiary/aromatic N) is 3. The highest BCUT2D eigenvalue weighted by molar-refractivity contribution is 9.10. The van der Waals surface area contributed by atoms with Crippen molar-refractivity contribution in [3.05, 3.63) is 52.0 Å². The molecule has 0 aliphatic heterocycles. The van der Waals surface area contributed by atoms with Crippen molar-refractivity contribution in [1.29, 1.82) is 0 Å². The van der Waals surface area contributed by atoms with Crippen molar-refractivity contribution >= 4 is 50.9 Å². The van der Waals surface area contributed by atoms with E-state index in [0.717, 1.165) is 21.6 Å². The normalized spacial score (nSPS) is 10.7. The van der Waals surface area contributed by atoms with Gasteiger partial charge in [0.25, 0.3) is 0 Å². The molecule has 6 nitrogen and oxygen atoms in total. The lowest BCUT2D eigenvalue weighted by Gasteiger charge is -2.08. The summed E-state index contributed by atoms with van der Waals surface area (Å²) in [7, 11) is 3.49. The number of methoxy groups -OCH3 is 1. The number of hydrogen-bond donors (Lipinski definition) is 1. The Labute approximate surface area is 174 Å². The second kappa shape index (κ2) is 8.77. The molecule has 0 aliphatic rings. The summed E-state index contributed by atoms with van der Waals surface area (Å²) < 4.78 is 7.87. The van der Waals surface area contributed by atoms with Crippen LogP contribution in [0.15, 0.2) is 52.1 Å². The van der Waals surface area contributed by atoms with Gasteiger partial charge in [0, 0.05) is 17.1 Å². The highest BCUT2D eigenvalue weighted by atomic mass is 79.9. The maximum absolute atomic E-state index is 12.2. The first-order valence-corrected chi connectivity index (χ1v) is 10.0. The van der Waals surface area contributed by atoms with Crippen molar-refractivity contribution in [3.63, 3.8) is 0 Å². The van der Waals surface area contributed by atoms with E-state index in [1.165, 1.54) is 11.8 Å². The SMILES string of the molecule is COc1ccc(-c2nnc(SCC(=O)Nc3ccc(Br)cc3Cl)n2C)cc1. The molecule has 0 fully saturated rings. The number of nitrogens with one attached hydrogen (secondary N) is 1. The Kier molecular flexibility index (Phi) is 6.41. The zero-order valence-electron chi connectivity index (χ0n) is 14.6. The summed E-state index contributed by atoms with van der Waals surface area (Å²) in [6.07, 6.45) is 0. The number of hydrogen-bond acceptors (Lipinski definition) is 5. The number of ether oxygens (including phenoxy) is 1. The largest absolute Gasteiger partial charge is 0.497 e. The van der Waals surface area contributed by atoms with E-state index in [1.807, 2.05) is 41.9 Å². The smallest absolute Gasteiger partial charge is 0.234 e. The Morgan fingerprint density at radius 1 is 1.26 bits per heavy atom. The molecule has 27 heavy (non-hydrogen) atoms. The molecule has 0 radical (unpaired) electrons. The number of thioether (sulfide) groups is 1. The molecule has 0 saturated heterocycles. The van der Waals surface area contributed by atoms with Crippen molar-refractivity contribution in [3.8, 4) is 17.1 Å². The van der Waals surface area contributed by atoms with Crippen molar-refractivity contribution in [2.45, 2.75) is 5.16 Å². The first-order chi connectivity index (χ1) is 13.0. The van der Waals surface area contributed by atoms with Crippen molar-refractivity contribution in [2.24, 2.45) is 7.05 Å². The second-order valence-electron chi connectivity index (χ2n) is 5.55. The molecule has 0 atom stereocenters. The van der Waals surface area contributed by atoms with Crippen LogP contribution in [-0.4, -0.2) is 33.5 Å². The highest BCUT2D eigenvalue weighted by Crippen LogP contribution is 2.27. The number of aromatic nitrogens is 3. The summed E-state index contributed by atoms with van der Waals surface area (Å²) in [5.74, 6) is 1.52. The van der Waals surface area contributed by atoms with E-state index in [0.29, 0.717) is 15.9 Å². The van der Waals surface area contributed by atoms with E-state index in [1.54, 1.807) is 19.2 Å². The Balaban J connectivity index is 1.64. The van der Waals surface area contributed by atoms with E-state index in [-0.39, 0.29) is 11.7 Å². The summed E-state index contributed by atoms with van der Waals surface area (Å²) >= 11 is 10.8. The molecule has 0 spiro atoms. The Morgan fingerprint density at radius 2 is 2.00 bits per heavy atom. The third-order valence-corrected chi connectivity index (χ3v) is 5.55. The van der Waals surface area contributed by atoms with Gasteiger partial charge in [-0.25, -0.2) is 0 Å². The number of carbonyl (C=O) groups excluding carboxylic acids is 1. The van der Waals surface area contributed by atoms with Crippen LogP contribution in [0.4, 0.5) is 5.69 Å². The maximum atomic E-state index is 12.2. The summed E-state index contributed by atoms with van der Waals surface area (Å²) in [6.45, 7) is 0. The molecular formula is C18H16BrClN4O2S. The molecule has 1 amide bonds. The minimum atomic E-state index is -0.168. The summed E-state index contributed by atoms with van der Waals surface area (Å²) in [6, 6.07) is 12.9. The van der Waals surface area contributed by atoms with Gasteiger partial charge in [0.2, 0.25) is 5.91 Å². The number of halogens is 2. The summed E-state index contributed by atoms with van der Waals surface area (Å²) in [5.41, 5.74) is 1.49. The van der Waals surface area contributed by atoms with E-state index >= 15 is 0 Å². The molecule has 140 valence electrons. The lowest BCUT2D eigenvalue weighted by molar-refractivity contribution is -0.113. The quantitative estimate of drug-likeness (QED) is 0.535.